The molecule has 3 nitrogen and oxygen atoms in total. The average Bonchev–Trinajstić information content (AvgIpc) is 2.34. The minimum atomic E-state index is -1.18. The first-order chi connectivity index (χ1) is 5.02. The van der Waals surface area contributed by atoms with Crippen molar-refractivity contribution >= 4 is 5.78 Å². The van der Waals surface area contributed by atoms with Crippen LogP contribution in [0.4, 0.5) is 0 Å². The average molecular weight is 157 g/mol. The van der Waals surface area contributed by atoms with E-state index in [0.29, 0.717) is 0 Å². The van der Waals surface area contributed by atoms with Crippen molar-refractivity contribution < 1.29 is 9.90 Å². The van der Waals surface area contributed by atoms with Gasteiger partial charge in [0.25, 0.3) is 0 Å². The van der Waals surface area contributed by atoms with Crippen molar-refractivity contribution in [3.05, 3.63) is 0 Å². The zero-order chi connectivity index (χ0) is 8.48. The summed E-state index contributed by atoms with van der Waals surface area (Å²) in [5.41, 5.74) is -1.18. The summed E-state index contributed by atoms with van der Waals surface area (Å²) in [5, 5.41) is 12.4. The molecule has 0 spiro atoms. The summed E-state index contributed by atoms with van der Waals surface area (Å²) in [4.78, 5) is 11.4. The number of aliphatic hydroxyl groups is 1. The third kappa shape index (κ3) is 2.01. The van der Waals surface area contributed by atoms with Crippen molar-refractivity contribution in [1.82, 2.24) is 5.32 Å². The van der Waals surface area contributed by atoms with Crippen molar-refractivity contribution in [1.29, 1.82) is 0 Å². The normalized spacial score (nSPS) is 25.5. The van der Waals surface area contributed by atoms with Crippen molar-refractivity contribution in [2.45, 2.75) is 38.3 Å². The lowest BCUT2D eigenvalue weighted by Crippen LogP contribution is -2.44. The molecule has 0 bridgehead atoms. The van der Waals surface area contributed by atoms with Gasteiger partial charge in [0.2, 0.25) is 0 Å². The lowest BCUT2D eigenvalue weighted by atomic mass is 9.96. The van der Waals surface area contributed by atoms with E-state index in [-0.39, 0.29) is 11.8 Å². The molecule has 0 aromatic rings. The fraction of sp³-hybridized carbons (Fsp3) is 0.875. The van der Waals surface area contributed by atoms with Gasteiger partial charge < -0.3 is 10.4 Å². The molecule has 64 valence electrons. The third-order valence-corrected chi connectivity index (χ3v) is 1.98. The first kappa shape index (κ1) is 8.68. The van der Waals surface area contributed by atoms with Crippen LogP contribution in [0.2, 0.25) is 0 Å². The molecule has 0 aromatic carbocycles. The van der Waals surface area contributed by atoms with E-state index in [9.17, 15) is 9.90 Å². The Morgan fingerprint density at radius 1 is 1.64 bits per heavy atom. The molecular formula is C8H15NO2. The second-order valence-corrected chi connectivity index (χ2v) is 3.57. The van der Waals surface area contributed by atoms with Crippen LogP contribution in [0.25, 0.3) is 0 Å². The Morgan fingerprint density at radius 2 is 2.27 bits per heavy atom. The SMILES string of the molecule is CC(C)(O)C(=O)C1CCCN1. The van der Waals surface area contributed by atoms with Crippen LogP contribution in [-0.4, -0.2) is 29.1 Å². The lowest BCUT2D eigenvalue weighted by Gasteiger charge is -2.19. The highest BCUT2D eigenvalue weighted by Gasteiger charge is 2.32. The number of hydrogen-bond acceptors (Lipinski definition) is 3. The molecule has 1 heterocycles. The molecule has 1 fully saturated rings. The number of rotatable bonds is 2. The number of carbonyl (C=O) groups is 1. The number of hydrogen-bond donors (Lipinski definition) is 2. The highest BCUT2D eigenvalue weighted by molar-refractivity contribution is 5.91. The van der Waals surface area contributed by atoms with Crippen molar-refractivity contribution in [3.63, 3.8) is 0 Å². The molecule has 1 aliphatic rings. The molecule has 1 aliphatic heterocycles. The van der Waals surface area contributed by atoms with E-state index in [1.165, 1.54) is 13.8 Å². The first-order valence-electron chi connectivity index (χ1n) is 4.02. The number of nitrogens with one attached hydrogen (secondary N) is 1. The van der Waals surface area contributed by atoms with Gasteiger partial charge in [-0.1, -0.05) is 0 Å². The van der Waals surface area contributed by atoms with Crippen molar-refractivity contribution in [3.8, 4) is 0 Å². The second-order valence-electron chi connectivity index (χ2n) is 3.57. The summed E-state index contributed by atoms with van der Waals surface area (Å²) in [5.74, 6) is -0.0880. The van der Waals surface area contributed by atoms with E-state index in [2.05, 4.69) is 5.32 Å². The van der Waals surface area contributed by atoms with Crippen LogP contribution in [0.1, 0.15) is 26.7 Å². The predicted molar refractivity (Wildman–Crippen MR) is 42.3 cm³/mol. The zero-order valence-electron chi connectivity index (χ0n) is 7.05. The fourth-order valence-corrected chi connectivity index (χ4v) is 1.33. The number of Topliss-reactive ketones (excluding diaryl/α,β-unsaturated/α-hetero) is 1. The predicted octanol–water partition coefficient (Wildman–Crippen LogP) is 0.0784. The van der Waals surface area contributed by atoms with Gasteiger partial charge in [0.1, 0.15) is 5.60 Å². The smallest absolute Gasteiger partial charge is 0.180 e. The number of carbonyl (C=O) groups excluding carboxylic acids is 1. The van der Waals surface area contributed by atoms with Gasteiger partial charge in [0.05, 0.1) is 6.04 Å². The fourth-order valence-electron chi connectivity index (χ4n) is 1.33. The molecule has 0 amide bonds. The molecule has 0 saturated carbocycles. The molecule has 3 heteroatoms. The summed E-state index contributed by atoms with van der Waals surface area (Å²) in [6.45, 7) is 3.97. The standard InChI is InChI=1S/C8H15NO2/c1-8(2,11)7(10)6-4-3-5-9-6/h6,9,11H,3-5H2,1-2H3. The van der Waals surface area contributed by atoms with Crippen molar-refractivity contribution in [2.75, 3.05) is 6.54 Å². The molecule has 1 atom stereocenters. The molecule has 0 radical (unpaired) electrons. The van der Waals surface area contributed by atoms with Gasteiger partial charge in [-0.05, 0) is 33.2 Å². The van der Waals surface area contributed by atoms with Gasteiger partial charge >= 0.3 is 0 Å². The lowest BCUT2D eigenvalue weighted by molar-refractivity contribution is -0.135. The largest absolute Gasteiger partial charge is 0.383 e. The molecule has 1 unspecified atom stereocenters. The van der Waals surface area contributed by atoms with E-state index < -0.39 is 5.60 Å². The molecule has 11 heavy (non-hydrogen) atoms. The Hall–Kier alpha value is -0.410. The maximum Gasteiger partial charge on any atom is 0.180 e. The molecule has 1 saturated heterocycles. The van der Waals surface area contributed by atoms with E-state index in [4.69, 9.17) is 0 Å². The van der Waals surface area contributed by atoms with Gasteiger partial charge in [-0.3, -0.25) is 4.79 Å². The highest BCUT2D eigenvalue weighted by atomic mass is 16.3. The summed E-state index contributed by atoms with van der Waals surface area (Å²) in [6.07, 6.45) is 1.90. The molecule has 0 aromatic heterocycles. The Balaban J connectivity index is 2.53. The maximum absolute atomic E-state index is 11.4. The van der Waals surface area contributed by atoms with E-state index in [1.807, 2.05) is 0 Å². The van der Waals surface area contributed by atoms with Crippen LogP contribution in [0, 0.1) is 0 Å². The van der Waals surface area contributed by atoms with Crippen LogP contribution >= 0.6 is 0 Å². The van der Waals surface area contributed by atoms with Crippen LogP contribution in [-0.2, 0) is 4.79 Å². The van der Waals surface area contributed by atoms with Crippen molar-refractivity contribution in [2.24, 2.45) is 0 Å². The minimum Gasteiger partial charge on any atom is -0.383 e. The quantitative estimate of drug-likeness (QED) is 0.596. The Morgan fingerprint density at radius 3 is 2.64 bits per heavy atom. The first-order valence-corrected chi connectivity index (χ1v) is 4.02. The minimum absolute atomic E-state index is 0.0880. The summed E-state index contributed by atoms with van der Waals surface area (Å²) < 4.78 is 0. The monoisotopic (exact) mass is 157 g/mol. The van der Waals surface area contributed by atoms with Crippen LogP contribution < -0.4 is 5.32 Å². The van der Waals surface area contributed by atoms with Gasteiger partial charge in [-0.25, -0.2) is 0 Å². The Labute approximate surface area is 66.8 Å². The third-order valence-electron chi connectivity index (χ3n) is 1.98. The van der Waals surface area contributed by atoms with Crippen LogP contribution in [0.15, 0.2) is 0 Å². The summed E-state index contributed by atoms with van der Waals surface area (Å²) >= 11 is 0. The Bertz CT molecular complexity index is 154. The van der Waals surface area contributed by atoms with Crippen LogP contribution in [0.5, 0.6) is 0 Å². The molecule has 0 aliphatic carbocycles. The van der Waals surface area contributed by atoms with Gasteiger partial charge in [0, 0.05) is 0 Å². The molecule has 1 rings (SSSR count). The maximum atomic E-state index is 11.4. The highest BCUT2D eigenvalue weighted by Crippen LogP contribution is 2.13. The van der Waals surface area contributed by atoms with Crippen LogP contribution in [0.3, 0.4) is 0 Å². The van der Waals surface area contributed by atoms with E-state index in [0.717, 1.165) is 19.4 Å². The topological polar surface area (TPSA) is 49.3 Å². The number of ketones is 1. The van der Waals surface area contributed by atoms with E-state index >= 15 is 0 Å². The zero-order valence-corrected chi connectivity index (χ0v) is 7.05. The molecule has 2 N–H and O–H groups in total. The molecular weight excluding hydrogens is 142 g/mol. The second kappa shape index (κ2) is 2.91. The van der Waals surface area contributed by atoms with Gasteiger partial charge in [-0.15, -0.1) is 0 Å². The summed E-state index contributed by atoms with van der Waals surface area (Å²) in [7, 11) is 0. The van der Waals surface area contributed by atoms with Gasteiger partial charge in [-0.2, -0.15) is 0 Å². The Kier molecular flexibility index (Phi) is 2.30. The van der Waals surface area contributed by atoms with E-state index in [1.54, 1.807) is 0 Å². The van der Waals surface area contributed by atoms with Gasteiger partial charge in [0.15, 0.2) is 5.78 Å². The summed E-state index contributed by atoms with van der Waals surface area (Å²) in [6, 6.07) is -0.116.